The van der Waals surface area contributed by atoms with Gasteiger partial charge in [-0.1, -0.05) is 27.7 Å². The quantitative estimate of drug-likeness (QED) is 0.646. The number of hydrogen-bond acceptors (Lipinski definition) is 2. The Hall–Kier alpha value is -0.290. The molecule has 1 unspecified atom stereocenters. The largest absolute Gasteiger partial charge is 0.411 e. The SMILES string of the molecule is CCNCC(C)(CCCOCC(F)(F)F)C(C)C. The van der Waals surface area contributed by atoms with Gasteiger partial charge in [0.05, 0.1) is 0 Å². The molecule has 0 saturated carbocycles. The molecule has 5 heteroatoms. The second-order valence-corrected chi connectivity index (χ2v) is 5.36. The molecule has 0 fully saturated rings. The lowest BCUT2D eigenvalue weighted by Crippen LogP contribution is -2.36. The van der Waals surface area contributed by atoms with Crippen molar-refractivity contribution in [2.24, 2.45) is 11.3 Å². The fourth-order valence-electron chi connectivity index (χ4n) is 1.76. The van der Waals surface area contributed by atoms with Gasteiger partial charge in [-0.2, -0.15) is 13.2 Å². The lowest BCUT2D eigenvalue weighted by molar-refractivity contribution is -0.174. The molecule has 0 amide bonds. The van der Waals surface area contributed by atoms with Crippen LogP contribution < -0.4 is 5.32 Å². The van der Waals surface area contributed by atoms with E-state index in [9.17, 15) is 13.2 Å². The smallest absolute Gasteiger partial charge is 0.372 e. The molecule has 0 aromatic rings. The number of hydrogen-bond donors (Lipinski definition) is 1. The van der Waals surface area contributed by atoms with E-state index in [2.05, 4.69) is 30.8 Å². The molecule has 0 saturated heterocycles. The third-order valence-corrected chi connectivity index (χ3v) is 3.47. The van der Waals surface area contributed by atoms with E-state index < -0.39 is 12.8 Å². The molecule has 18 heavy (non-hydrogen) atoms. The maximum Gasteiger partial charge on any atom is 0.411 e. The van der Waals surface area contributed by atoms with E-state index >= 15 is 0 Å². The monoisotopic (exact) mass is 269 g/mol. The molecule has 0 aliphatic heterocycles. The molecule has 1 atom stereocenters. The summed E-state index contributed by atoms with van der Waals surface area (Å²) in [6.07, 6.45) is -2.68. The van der Waals surface area contributed by atoms with Crippen molar-refractivity contribution in [3.8, 4) is 0 Å². The number of rotatable bonds is 9. The summed E-state index contributed by atoms with van der Waals surface area (Å²) in [7, 11) is 0. The lowest BCUT2D eigenvalue weighted by Gasteiger charge is -2.34. The van der Waals surface area contributed by atoms with Gasteiger partial charge in [-0.3, -0.25) is 0 Å². The molecule has 0 aliphatic rings. The molecule has 0 aromatic heterocycles. The van der Waals surface area contributed by atoms with Crippen molar-refractivity contribution < 1.29 is 17.9 Å². The van der Waals surface area contributed by atoms with Crippen molar-refractivity contribution in [2.45, 2.75) is 46.7 Å². The van der Waals surface area contributed by atoms with E-state index in [-0.39, 0.29) is 12.0 Å². The van der Waals surface area contributed by atoms with Crippen molar-refractivity contribution in [2.75, 3.05) is 26.3 Å². The molecule has 2 nitrogen and oxygen atoms in total. The van der Waals surface area contributed by atoms with Crippen LogP contribution in [0.2, 0.25) is 0 Å². The topological polar surface area (TPSA) is 21.3 Å². The van der Waals surface area contributed by atoms with E-state index in [1.165, 1.54) is 0 Å². The van der Waals surface area contributed by atoms with Gasteiger partial charge in [0, 0.05) is 13.2 Å². The van der Waals surface area contributed by atoms with E-state index in [4.69, 9.17) is 0 Å². The third-order valence-electron chi connectivity index (χ3n) is 3.47. The predicted molar refractivity (Wildman–Crippen MR) is 67.6 cm³/mol. The average molecular weight is 269 g/mol. The summed E-state index contributed by atoms with van der Waals surface area (Å²) >= 11 is 0. The number of nitrogens with one attached hydrogen (secondary N) is 1. The van der Waals surface area contributed by atoms with Crippen LogP contribution in [0.3, 0.4) is 0 Å². The Balaban J connectivity index is 3.91. The van der Waals surface area contributed by atoms with Crippen molar-refractivity contribution in [3.63, 3.8) is 0 Å². The van der Waals surface area contributed by atoms with Crippen LogP contribution in [-0.2, 0) is 4.74 Å². The second kappa shape index (κ2) is 8.00. The highest BCUT2D eigenvalue weighted by atomic mass is 19.4. The van der Waals surface area contributed by atoms with Crippen LogP contribution in [0.5, 0.6) is 0 Å². The molecule has 0 bridgehead atoms. The van der Waals surface area contributed by atoms with Gasteiger partial charge in [0.2, 0.25) is 0 Å². The second-order valence-electron chi connectivity index (χ2n) is 5.36. The Morgan fingerprint density at radius 2 is 1.83 bits per heavy atom. The first-order chi connectivity index (χ1) is 8.21. The first-order valence-electron chi connectivity index (χ1n) is 6.56. The Labute approximate surface area is 108 Å². The maximum absolute atomic E-state index is 11.9. The minimum Gasteiger partial charge on any atom is -0.372 e. The van der Waals surface area contributed by atoms with Gasteiger partial charge < -0.3 is 10.1 Å². The predicted octanol–water partition coefficient (Wildman–Crippen LogP) is 3.62. The summed E-state index contributed by atoms with van der Waals surface area (Å²) in [4.78, 5) is 0. The Bertz CT molecular complexity index is 219. The lowest BCUT2D eigenvalue weighted by atomic mass is 9.75. The summed E-state index contributed by atoms with van der Waals surface area (Å²) < 4.78 is 40.3. The van der Waals surface area contributed by atoms with E-state index in [0.29, 0.717) is 12.3 Å². The van der Waals surface area contributed by atoms with Crippen LogP contribution in [0.1, 0.15) is 40.5 Å². The van der Waals surface area contributed by atoms with Gasteiger partial charge in [0.1, 0.15) is 6.61 Å². The third kappa shape index (κ3) is 7.93. The van der Waals surface area contributed by atoms with Crippen LogP contribution >= 0.6 is 0 Å². The summed E-state index contributed by atoms with van der Waals surface area (Å²) in [6.45, 7) is 9.35. The van der Waals surface area contributed by atoms with Gasteiger partial charge >= 0.3 is 6.18 Å². The number of halogens is 3. The van der Waals surface area contributed by atoms with E-state index in [0.717, 1.165) is 19.5 Å². The molecule has 1 N–H and O–H groups in total. The van der Waals surface area contributed by atoms with Crippen LogP contribution in [0.15, 0.2) is 0 Å². The van der Waals surface area contributed by atoms with Gasteiger partial charge in [-0.25, -0.2) is 0 Å². The fraction of sp³-hybridized carbons (Fsp3) is 1.00. The van der Waals surface area contributed by atoms with Gasteiger partial charge in [-0.05, 0) is 30.7 Å². The summed E-state index contributed by atoms with van der Waals surface area (Å²) in [6, 6.07) is 0. The van der Waals surface area contributed by atoms with E-state index in [1.807, 2.05) is 6.92 Å². The zero-order chi connectivity index (χ0) is 14.2. The van der Waals surface area contributed by atoms with Crippen LogP contribution in [0, 0.1) is 11.3 Å². The van der Waals surface area contributed by atoms with Crippen LogP contribution in [0.25, 0.3) is 0 Å². The Morgan fingerprint density at radius 1 is 1.22 bits per heavy atom. The number of alkyl halides is 3. The minimum absolute atomic E-state index is 0.109. The van der Waals surface area contributed by atoms with E-state index in [1.54, 1.807) is 0 Å². The van der Waals surface area contributed by atoms with Crippen LogP contribution in [-0.4, -0.2) is 32.5 Å². The molecular formula is C13H26F3NO. The highest BCUT2D eigenvalue weighted by Crippen LogP contribution is 2.31. The van der Waals surface area contributed by atoms with Crippen LogP contribution in [0.4, 0.5) is 13.2 Å². The molecule has 0 radical (unpaired) electrons. The molecule has 0 aromatic carbocycles. The van der Waals surface area contributed by atoms with Crippen molar-refractivity contribution >= 4 is 0 Å². The van der Waals surface area contributed by atoms with Gasteiger partial charge in [-0.15, -0.1) is 0 Å². The molecule has 0 heterocycles. The summed E-state index contributed by atoms with van der Waals surface area (Å²) in [5.74, 6) is 0.485. The highest BCUT2D eigenvalue weighted by Gasteiger charge is 2.29. The van der Waals surface area contributed by atoms with Crippen molar-refractivity contribution in [1.29, 1.82) is 0 Å². The molecule has 0 spiro atoms. The Morgan fingerprint density at radius 3 is 2.28 bits per heavy atom. The van der Waals surface area contributed by atoms with Crippen molar-refractivity contribution in [1.82, 2.24) is 5.32 Å². The zero-order valence-electron chi connectivity index (χ0n) is 11.9. The number of ether oxygens (including phenoxy) is 1. The van der Waals surface area contributed by atoms with Gasteiger partial charge in [0.25, 0.3) is 0 Å². The maximum atomic E-state index is 11.9. The first-order valence-corrected chi connectivity index (χ1v) is 6.56. The molecular weight excluding hydrogens is 243 g/mol. The van der Waals surface area contributed by atoms with Gasteiger partial charge in [0.15, 0.2) is 0 Å². The Kier molecular flexibility index (Phi) is 7.87. The standard InChI is InChI=1S/C13H26F3NO/c1-5-17-9-12(4,11(2)3)7-6-8-18-10-13(14,15)16/h11,17H,5-10H2,1-4H3. The van der Waals surface area contributed by atoms with Crippen molar-refractivity contribution in [3.05, 3.63) is 0 Å². The minimum atomic E-state index is -4.22. The molecule has 0 rings (SSSR count). The average Bonchev–Trinajstić information content (AvgIpc) is 2.24. The molecule has 110 valence electrons. The highest BCUT2D eigenvalue weighted by molar-refractivity contribution is 4.80. The normalized spacial score (nSPS) is 16.0. The zero-order valence-corrected chi connectivity index (χ0v) is 11.9. The summed E-state index contributed by atoms with van der Waals surface area (Å²) in [5, 5.41) is 3.31. The fourth-order valence-corrected chi connectivity index (χ4v) is 1.76. The summed E-state index contributed by atoms with van der Waals surface area (Å²) in [5.41, 5.74) is 0.109. The first kappa shape index (κ1) is 17.7. The molecule has 0 aliphatic carbocycles.